The number of primary amides is 1. The Balaban J connectivity index is 1.79. The summed E-state index contributed by atoms with van der Waals surface area (Å²) < 4.78 is 16.4. The summed E-state index contributed by atoms with van der Waals surface area (Å²) in [4.78, 5) is 11.5. The number of ether oxygens (including phenoxy) is 2. The van der Waals surface area contributed by atoms with Crippen molar-refractivity contribution in [3.63, 3.8) is 0 Å². The van der Waals surface area contributed by atoms with Gasteiger partial charge >= 0.3 is 0 Å². The lowest BCUT2D eigenvalue weighted by molar-refractivity contribution is 0.0994. The van der Waals surface area contributed by atoms with Crippen LogP contribution in [-0.2, 0) is 6.61 Å². The molecule has 0 unspecified atom stereocenters. The van der Waals surface area contributed by atoms with Crippen LogP contribution in [0, 0.1) is 0 Å². The summed E-state index contributed by atoms with van der Waals surface area (Å²) in [7, 11) is 1.47. The molecule has 2 aromatic carbocycles. The molecule has 128 valence electrons. The van der Waals surface area contributed by atoms with Gasteiger partial charge in [-0.1, -0.05) is 17.7 Å². The summed E-state index contributed by atoms with van der Waals surface area (Å²) in [6.07, 6.45) is 0. The van der Waals surface area contributed by atoms with E-state index in [4.69, 9.17) is 31.2 Å². The van der Waals surface area contributed by atoms with Crippen molar-refractivity contribution >= 4 is 17.5 Å². The summed E-state index contributed by atoms with van der Waals surface area (Å²) >= 11 is 5.85. The van der Waals surface area contributed by atoms with E-state index in [0.717, 1.165) is 5.56 Å². The van der Waals surface area contributed by atoms with Crippen LogP contribution < -0.4 is 15.2 Å². The Kier molecular flexibility index (Phi) is 4.85. The van der Waals surface area contributed by atoms with Gasteiger partial charge in [0.05, 0.1) is 12.7 Å². The topological polar surface area (TPSA) is 100 Å². The molecule has 8 heteroatoms. The highest BCUT2D eigenvalue weighted by molar-refractivity contribution is 6.30. The Hall–Kier alpha value is -3.06. The molecule has 1 amide bonds. The van der Waals surface area contributed by atoms with Gasteiger partial charge in [0.15, 0.2) is 18.1 Å². The molecule has 0 radical (unpaired) electrons. The molecule has 0 aliphatic rings. The van der Waals surface area contributed by atoms with Gasteiger partial charge in [-0.25, -0.2) is 0 Å². The molecule has 0 saturated carbocycles. The van der Waals surface area contributed by atoms with Crippen LogP contribution in [0.4, 0.5) is 0 Å². The maximum Gasteiger partial charge on any atom is 0.254 e. The van der Waals surface area contributed by atoms with Crippen LogP contribution in [0.15, 0.2) is 46.9 Å². The van der Waals surface area contributed by atoms with Gasteiger partial charge in [0.25, 0.3) is 11.8 Å². The van der Waals surface area contributed by atoms with Crippen LogP contribution in [0.2, 0.25) is 5.02 Å². The second-order valence-corrected chi connectivity index (χ2v) is 5.43. The largest absolute Gasteiger partial charge is 0.493 e. The minimum absolute atomic E-state index is 0.0404. The third-order valence-electron chi connectivity index (χ3n) is 3.36. The van der Waals surface area contributed by atoms with Gasteiger partial charge in [-0.2, -0.15) is 0 Å². The van der Waals surface area contributed by atoms with Crippen LogP contribution in [0.3, 0.4) is 0 Å². The van der Waals surface area contributed by atoms with E-state index >= 15 is 0 Å². The number of nitrogens with two attached hydrogens (primary N) is 1. The summed E-state index contributed by atoms with van der Waals surface area (Å²) in [5.41, 5.74) is 6.30. The van der Waals surface area contributed by atoms with Gasteiger partial charge in [0.2, 0.25) is 5.89 Å². The molecule has 3 rings (SSSR count). The number of rotatable bonds is 6. The SMILES string of the molecule is COc1cccc(C(N)=O)c1OCc1nnc(-c2ccc(Cl)cc2)o1. The molecule has 25 heavy (non-hydrogen) atoms. The molecule has 0 atom stereocenters. The van der Waals surface area contributed by atoms with Crippen molar-refractivity contribution in [1.29, 1.82) is 0 Å². The van der Waals surface area contributed by atoms with Crippen molar-refractivity contribution in [2.24, 2.45) is 5.73 Å². The number of benzene rings is 2. The fraction of sp³-hybridized carbons (Fsp3) is 0.118. The number of amides is 1. The highest BCUT2D eigenvalue weighted by atomic mass is 35.5. The summed E-state index contributed by atoms with van der Waals surface area (Å²) in [5, 5.41) is 8.51. The average Bonchev–Trinajstić information content (AvgIpc) is 3.09. The fourth-order valence-electron chi connectivity index (χ4n) is 2.17. The Labute approximate surface area is 148 Å². The number of hydrogen-bond acceptors (Lipinski definition) is 6. The fourth-order valence-corrected chi connectivity index (χ4v) is 2.30. The molecule has 0 aliphatic carbocycles. The van der Waals surface area contributed by atoms with E-state index in [1.807, 2.05) is 0 Å². The van der Waals surface area contributed by atoms with E-state index < -0.39 is 5.91 Å². The number of nitrogens with zero attached hydrogens (tertiary/aromatic N) is 2. The average molecular weight is 360 g/mol. The molecule has 0 spiro atoms. The highest BCUT2D eigenvalue weighted by Crippen LogP contribution is 2.31. The number of para-hydroxylation sites is 1. The van der Waals surface area contributed by atoms with Gasteiger partial charge in [-0.3, -0.25) is 4.79 Å². The van der Waals surface area contributed by atoms with Crippen molar-refractivity contribution in [3.8, 4) is 23.0 Å². The number of carbonyl (C=O) groups is 1. The first-order chi connectivity index (χ1) is 12.1. The Morgan fingerprint density at radius 2 is 1.96 bits per heavy atom. The third kappa shape index (κ3) is 3.72. The quantitative estimate of drug-likeness (QED) is 0.725. The summed E-state index contributed by atoms with van der Waals surface area (Å²) in [5.74, 6) is 0.565. The van der Waals surface area contributed by atoms with E-state index in [2.05, 4.69) is 10.2 Å². The number of halogens is 1. The van der Waals surface area contributed by atoms with E-state index in [-0.39, 0.29) is 23.8 Å². The van der Waals surface area contributed by atoms with Gasteiger partial charge in [-0.05, 0) is 36.4 Å². The molecule has 0 fully saturated rings. The van der Waals surface area contributed by atoms with E-state index in [1.54, 1.807) is 42.5 Å². The molecule has 1 aromatic heterocycles. The maximum atomic E-state index is 11.5. The number of aromatic nitrogens is 2. The highest BCUT2D eigenvalue weighted by Gasteiger charge is 2.16. The maximum absolute atomic E-state index is 11.5. The molecule has 0 bridgehead atoms. The first-order valence-corrected chi connectivity index (χ1v) is 7.64. The minimum Gasteiger partial charge on any atom is -0.493 e. The predicted octanol–water partition coefficient (Wildman–Crippen LogP) is 3.08. The number of carbonyl (C=O) groups excluding carboxylic acids is 1. The smallest absolute Gasteiger partial charge is 0.254 e. The third-order valence-corrected chi connectivity index (χ3v) is 3.61. The second-order valence-electron chi connectivity index (χ2n) is 5.00. The zero-order valence-corrected chi connectivity index (χ0v) is 14.0. The van der Waals surface area contributed by atoms with Crippen LogP contribution in [-0.4, -0.2) is 23.2 Å². The van der Waals surface area contributed by atoms with Gasteiger partial charge < -0.3 is 19.6 Å². The molecular formula is C17H14ClN3O4. The molecule has 0 aliphatic heterocycles. The Morgan fingerprint density at radius 3 is 2.64 bits per heavy atom. The standard InChI is InChI=1S/C17H14ClN3O4/c1-23-13-4-2-3-12(16(19)22)15(13)24-9-14-20-21-17(25-14)10-5-7-11(18)8-6-10/h2-8H,9H2,1H3,(H2,19,22). The van der Waals surface area contributed by atoms with E-state index in [0.29, 0.717) is 16.7 Å². The molecule has 1 heterocycles. The normalized spacial score (nSPS) is 10.5. The lowest BCUT2D eigenvalue weighted by Crippen LogP contribution is -2.13. The van der Waals surface area contributed by atoms with Crippen molar-refractivity contribution in [1.82, 2.24) is 10.2 Å². The summed E-state index contributed by atoms with van der Waals surface area (Å²) in [6, 6.07) is 11.9. The van der Waals surface area contributed by atoms with Gasteiger partial charge in [0.1, 0.15) is 0 Å². The van der Waals surface area contributed by atoms with E-state index in [9.17, 15) is 4.79 Å². The first kappa shape index (κ1) is 16.8. The first-order valence-electron chi connectivity index (χ1n) is 7.26. The summed E-state index contributed by atoms with van der Waals surface area (Å²) in [6.45, 7) is -0.0404. The monoisotopic (exact) mass is 359 g/mol. The second kappa shape index (κ2) is 7.23. The van der Waals surface area contributed by atoms with Crippen LogP contribution >= 0.6 is 11.6 Å². The lowest BCUT2D eigenvalue weighted by atomic mass is 10.2. The lowest BCUT2D eigenvalue weighted by Gasteiger charge is -2.12. The number of methoxy groups -OCH3 is 1. The molecule has 7 nitrogen and oxygen atoms in total. The molecular weight excluding hydrogens is 346 g/mol. The van der Waals surface area contributed by atoms with Crippen molar-refractivity contribution in [2.45, 2.75) is 6.61 Å². The zero-order chi connectivity index (χ0) is 17.8. The predicted molar refractivity (Wildman–Crippen MR) is 90.6 cm³/mol. The molecule has 0 saturated heterocycles. The molecule has 3 aromatic rings. The Morgan fingerprint density at radius 1 is 1.20 bits per heavy atom. The van der Waals surface area contributed by atoms with Crippen LogP contribution in [0.5, 0.6) is 11.5 Å². The van der Waals surface area contributed by atoms with Gasteiger partial charge in [-0.15, -0.1) is 10.2 Å². The Bertz CT molecular complexity index is 893. The van der Waals surface area contributed by atoms with Crippen molar-refractivity contribution in [3.05, 3.63) is 58.9 Å². The van der Waals surface area contributed by atoms with Crippen molar-refractivity contribution in [2.75, 3.05) is 7.11 Å². The zero-order valence-electron chi connectivity index (χ0n) is 13.2. The van der Waals surface area contributed by atoms with Gasteiger partial charge in [0, 0.05) is 10.6 Å². The van der Waals surface area contributed by atoms with Crippen LogP contribution in [0.25, 0.3) is 11.5 Å². The van der Waals surface area contributed by atoms with E-state index in [1.165, 1.54) is 7.11 Å². The minimum atomic E-state index is -0.624. The molecule has 2 N–H and O–H groups in total. The van der Waals surface area contributed by atoms with Crippen LogP contribution in [0.1, 0.15) is 16.2 Å². The van der Waals surface area contributed by atoms with Crippen molar-refractivity contribution < 1.29 is 18.7 Å². The number of hydrogen-bond donors (Lipinski definition) is 1.